The van der Waals surface area contributed by atoms with Crippen LogP contribution in [0.25, 0.3) is 11.1 Å². The van der Waals surface area contributed by atoms with Gasteiger partial charge >= 0.3 is 5.97 Å². The van der Waals surface area contributed by atoms with Crippen molar-refractivity contribution in [3.63, 3.8) is 0 Å². The van der Waals surface area contributed by atoms with Crippen LogP contribution in [0, 0.1) is 11.3 Å². The predicted molar refractivity (Wildman–Crippen MR) is 103 cm³/mol. The molecule has 0 fully saturated rings. The van der Waals surface area contributed by atoms with Gasteiger partial charge < -0.3 is 4.74 Å². The van der Waals surface area contributed by atoms with Gasteiger partial charge in [0.05, 0.1) is 25.3 Å². The molecule has 0 amide bonds. The first-order chi connectivity index (χ1) is 12.7. The highest BCUT2D eigenvalue weighted by molar-refractivity contribution is 5.71. The maximum absolute atomic E-state index is 11.7. The minimum absolute atomic E-state index is 0.207. The monoisotopic (exact) mass is 350 g/mol. The number of hydrogen-bond donors (Lipinski definition) is 0. The predicted octanol–water partition coefficient (Wildman–Crippen LogP) is 4.39. The van der Waals surface area contributed by atoms with Crippen molar-refractivity contribution in [2.45, 2.75) is 32.7 Å². The fourth-order valence-electron chi connectivity index (χ4n) is 2.93. The molecule has 26 heavy (non-hydrogen) atoms. The highest BCUT2D eigenvalue weighted by Gasteiger charge is 2.12. The molecular formula is C22H26N2O2. The van der Waals surface area contributed by atoms with E-state index < -0.39 is 0 Å². The van der Waals surface area contributed by atoms with Crippen LogP contribution in [0.15, 0.2) is 48.5 Å². The first-order valence-corrected chi connectivity index (χ1v) is 9.05. The van der Waals surface area contributed by atoms with E-state index >= 15 is 0 Å². The van der Waals surface area contributed by atoms with Gasteiger partial charge in [-0.3, -0.25) is 9.69 Å². The van der Waals surface area contributed by atoms with E-state index in [-0.39, 0.29) is 5.97 Å². The Morgan fingerprint density at radius 2 is 1.85 bits per heavy atom. The quantitative estimate of drug-likeness (QED) is 0.497. The molecular weight excluding hydrogens is 324 g/mol. The average molecular weight is 350 g/mol. The molecule has 0 aliphatic heterocycles. The van der Waals surface area contributed by atoms with Gasteiger partial charge in [-0.15, -0.1) is 0 Å². The summed E-state index contributed by atoms with van der Waals surface area (Å²) >= 11 is 0. The van der Waals surface area contributed by atoms with Crippen molar-refractivity contribution in [2.24, 2.45) is 0 Å². The van der Waals surface area contributed by atoms with Crippen LogP contribution >= 0.6 is 0 Å². The van der Waals surface area contributed by atoms with Crippen LogP contribution in [0.4, 0.5) is 0 Å². The minimum Gasteiger partial charge on any atom is -0.468 e. The summed E-state index contributed by atoms with van der Waals surface area (Å²) in [7, 11) is 1.42. The molecule has 0 aromatic heterocycles. The summed E-state index contributed by atoms with van der Waals surface area (Å²) in [5.74, 6) is -0.207. The van der Waals surface area contributed by atoms with Gasteiger partial charge in [0.15, 0.2) is 0 Å². The lowest BCUT2D eigenvalue weighted by atomic mass is 9.99. The lowest BCUT2D eigenvalue weighted by molar-refractivity contribution is -0.142. The Kier molecular flexibility index (Phi) is 7.85. The number of nitriles is 1. The number of carbonyl (C=O) groups is 1. The molecule has 0 radical (unpaired) electrons. The van der Waals surface area contributed by atoms with Gasteiger partial charge in [0.25, 0.3) is 0 Å². The number of rotatable bonds is 9. The number of benzene rings is 2. The maximum atomic E-state index is 11.7. The van der Waals surface area contributed by atoms with Gasteiger partial charge in [-0.25, -0.2) is 0 Å². The van der Waals surface area contributed by atoms with Crippen LogP contribution in [-0.2, 0) is 16.1 Å². The molecule has 0 bridgehead atoms. The van der Waals surface area contributed by atoms with E-state index in [2.05, 4.69) is 30.0 Å². The van der Waals surface area contributed by atoms with Crippen LogP contribution in [0.3, 0.4) is 0 Å². The molecule has 0 saturated carbocycles. The fourth-order valence-corrected chi connectivity index (χ4v) is 2.93. The van der Waals surface area contributed by atoms with Gasteiger partial charge in [0.1, 0.15) is 0 Å². The van der Waals surface area contributed by atoms with Crippen molar-refractivity contribution in [1.29, 1.82) is 5.26 Å². The second kappa shape index (κ2) is 10.4. The van der Waals surface area contributed by atoms with Gasteiger partial charge in [0.2, 0.25) is 0 Å². The normalized spacial score (nSPS) is 10.5. The Hall–Kier alpha value is -2.64. The molecule has 4 heteroatoms. The Balaban J connectivity index is 2.09. The smallest absolute Gasteiger partial charge is 0.319 e. The Bertz CT molecular complexity index is 747. The summed E-state index contributed by atoms with van der Waals surface area (Å²) in [6.45, 7) is 4.06. The number of unbranched alkanes of at least 4 members (excludes halogenated alkanes) is 2. The Labute approximate surface area is 156 Å². The average Bonchev–Trinajstić information content (AvgIpc) is 2.68. The minimum atomic E-state index is -0.207. The third-order valence-corrected chi connectivity index (χ3v) is 4.38. The largest absolute Gasteiger partial charge is 0.468 e. The van der Waals surface area contributed by atoms with Crippen LogP contribution in [0.5, 0.6) is 0 Å². The number of methoxy groups -OCH3 is 1. The lowest BCUT2D eigenvalue weighted by Gasteiger charge is -2.21. The first-order valence-electron chi connectivity index (χ1n) is 9.05. The second-order valence-electron chi connectivity index (χ2n) is 6.35. The summed E-state index contributed by atoms with van der Waals surface area (Å²) < 4.78 is 4.82. The van der Waals surface area contributed by atoms with Crippen molar-refractivity contribution in [1.82, 2.24) is 4.90 Å². The molecule has 0 aliphatic carbocycles. The highest BCUT2D eigenvalue weighted by atomic mass is 16.5. The first kappa shape index (κ1) is 19.7. The molecule has 4 nitrogen and oxygen atoms in total. The van der Waals surface area contributed by atoms with Gasteiger partial charge in [-0.2, -0.15) is 5.26 Å². The van der Waals surface area contributed by atoms with Crippen LogP contribution in [-0.4, -0.2) is 31.1 Å². The second-order valence-corrected chi connectivity index (χ2v) is 6.35. The molecule has 0 N–H and O–H groups in total. The van der Waals surface area contributed by atoms with Crippen LogP contribution < -0.4 is 0 Å². The van der Waals surface area contributed by atoms with E-state index in [1.807, 2.05) is 36.4 Å². The SMILES string of the molecule is CCCCCN(CC(=O)OC)Cc1ccc(-c2ccccc2C#N)cc1. The molecule has 2 aromatic rings. The zero-order chi connectivity index (χ0) is 18.8. The fraction of sp³-hybridized carbons (Fsp3) is 0.364. The summed E-state index contributed by atoms with van der Waals surface area (Å²) in [4.78, 5) is 13.8. The lowest BCUT2D eigenvalue weighted by Crippen LogP contribution is -2.31. The van der Waals surface area contributed by atoms with Gasteiger partial charge in [-0.05, 0) is 35.7 Å². The van der Waals surface area contributed by atoms with Crippen LogP contribution in [0.1, 0.15) is 37.3 Å². The van der Waals surface area contributed by atoms with Crippen molar-refractivity contribution in [3.8, 4) is 17.2 Å². The molecule has 2 rings (SSSR count). The van der Waals surface area contributed by atoms with E-state index in [9.17, 15) is 10.1 Å². The van der Waals surface area contributed by atoms with Crippen molar-refractivity contribution >= 4 is 5.97 Å². The maximum Gasteiger partial charge on any atom is 0.319 e. The summed E-state index contributed by atoms with van der Waals surface area (Å²) in [5.41, 5.74) is 3.78. The van der Waals surface area contributed by atoms with Gasteiger partial charge in [0, 0.05) is 6.54 Å². The van der Waals surface area contributed by atoms with Crippen molar-refractivity contribution in [2.75, 3.05) is 20.2 Å². The Morgan fingerprint density at radius 1 is 1.12 bits per heavy atom. The molecule has 0 unspecified atom stereocenters. The van der Waals surface area contributed by atoms with E-state index in [4.69, 9.17) is 4.74 Å². The molecule has 2 aromatic carbocycles. The topological polar surface area (TPSA) is 53.3 Å². The number of ether oxygens (including phenoxy) is 1. The van der Waals surface area contributed by atoms with E-state index in [1.54, 1.807) is 0 Å². The third kappa shape index (κ3) is 5.72. The van der Waals surface area contributed by atoms with E-state index in [1.165, 1.54) is 7.11 Å². The highest BCUT2D eigenvalue weighted by Crippen LogP contribution is 2.23. The molecule has 136 valence electrons. The molecule has 0 atom stereocenters. The number of hydrogen-bond acceptors (Lipinski definition) is 4. The van der Waals surface area contributed by atoms with Crippen molar-refractivity contribution < 1.29 is 9.53 Å². The molecule has 0 spiro atoms. The number of esters is 1. The summed E-state index contributed by atoms with van der Waals surface area (Å²) in [6, 6.07) is 18.0. The number of carbonyl (C=O) groups excluding carboxylic acids is 1. The molecule has 0 saturated heterocycles. The van der Waals surface area contributed by atoms with Crippen molar-refractivity contribution in [3.05, 3.63) is 59.7 Å². The van der Waals surface area contributed by atoms with Crippen LogP contribution in [0.2, 0.25) is 0 Å². The molecule has 0 heterocycles. The van der Waals surface area contributed by atoms with E-state index in [0.717, 1.165) is 42.5 Å². The number of nitrogens with zero attached hydrogens (tertiary/aromatic N) is 2. The molecule has 0 aliphatic rings. The zero-order valence-corrected chi connectivity index (χ0v) is 15.6. The standard InChI is InChI=1S/C22H26N2O2/c1-3-4-7-14-24(17-22(25)26-2)16-18-10-12-19(13-11-18)21-9-6-5-8-20(21)15-23/h5-6,8-13H,3-4,7,14,16-17H2,1-2H3. The Morgan fingerprint density at radius 3 is 2.50 bits per heavy atom. The van der Waals surface area contributed by atoms with Gasteiger partial charge in [-0.1, -0.05) is 62.2 Å². The summed E-state index contributed by atoms with van der Waals surface area (Å²) in [5, 5.41) is 9.26. The third-order valence-electron chi connectivity index (χ3n) is 4.38. The summed E-state index contributed by atoms with van der Waals surface area (Å²) in [6.07, 6.45) is 3.38. The van der Waals surface area contributed by atoms with E-state index in [0.29, 0.717) is 18.7 Å². The zero-order valence-electron chi connectivity index (χ0n) is 15.6.